The van der Waals surface area contributed by atoms with E-state index in [0.717, 1.165) is 12.1 Å². The van der Waals surface area contributed by atoms with Gasteiger partial charge >= 0.3 is 6.18 Å². The van der Waals surface area contributed by atoms with Gasteiger partial charge in [0.25, 0.3) is 5.91 Å². The van der Waals surface area contributed by atoms with Gasteiger partial charge in [0.15, 0.2) is 23.1 Å². The molecule has 2 aromatic heterocycles. The number of carbonyl (C=O) groups is 1. The normalized spacial score (nSPS) is 11.5. The van der Waals surface area contributed by atoms with Crippen LogP contribution >= 0.6 is 0 Å². The highest BCUT2D eigenvalue weighted by Gasteiger charge is 2.30. The van der Waals surface area contributed by atoms with Gasteiger partial charge in [-0.2, -0.15) is 27.1 Å². The molecule has 2 heterocycles. The van der Waals surface area contributed by atoms with Gasteiger partial charge in [0.1, 0.15) is 12.4 Å². The largest absolute Gasteiger partial charge is 0.479 e. The molecule has 2 aromatic carbocycles. The molecule has 4 rings (SSSR count). The summed E-state index contributed by atoms with van der Waals surface area (Å²) >= 11 is 0. The summed E-state index contributed by atoms with van der Waals surface area (Å²) in [5.74, 6) is -9.05. The number of nitrogens with one attached hydrogen (secondary N) is 1. The molecule has 0 saturated carbocycles. The second-order valence-corrected chi connectivity index (χ2v) is 7.43. The van der Waals surface area contributed by atoms with E-state index >= 15 is 0 Å². The van der Waals surface area contributed by atoms with Gasteiger partial charge in [0, 0.05) is 12.3 Å². The number of carbonyl (C=O) groups excluding carboxylic acids is 1. The summed E-state index contributed by atoms with van der Waals surface area (Å²) in [7, 11) is 0. The first kappa shape index (κ1) is 24.8. The molecular formula is C23H14F7N3O3. The maximum Gasteiger partial charge on any atom is 0.416 e. The van der Waals surface area contributed by atoms with E-state index in [9.17, 15) is 35.5 Å². The van der Waals surface area contributed by atoms with Crippen LogP contribution in [-0.4, -0.2) is 15.7 Å². The van der Waals surface area contributed by atoms with Crippen molar-refractivity contribution in [3.63, 3.8) is 0 Å². The molecule has 0 saturated heterocycles. The maximum absolute atomic E-state index is 13.7. The Balaban J connectivity index is 1.37. The Hall–Kier alpha value is -4.29. The first-order valence-corrected chi connectivity index (χ1v) is 10.1. The Labute approximate surface area is 197 Å². The molecule has 6 nitrogen and oxygen atoms in total. The number of furan rings is 1. The number of hydrogen-bond acceptors (Lipinski definition) is 4. The lowest BCUT2D eigenvalue weighted by Crippen LogP contribution is -2.10. The number of hydrogen-bond donors (Lipinski definition) is 1. The van der Waals surface area contributed by atoms with Gasteiger partial charge in [0.2, 0.25) is 11.6 Å². The highest BCUT2D eigenvalue weighted by Crippen LogP contribution is 2.30. The van der Waals surface area contributed by atoms with Gasteiger partial charge in [-0.05, 0) is 29.8 Å². The molecule has 0 bridgehead atoms. The molecule has 4 aromatic rings. The van der Waals surface area contributed by atoms with Gasteiger partial charge in [-0.3, -0.25) is 9.48 Å². The van der Waals surface area contributed by atoms with Gasteiger partial charge in [-0.1, -0.05) is 12.1 Å². The molecule has 0 aliphatic rings. The van der Waals surface area contributed by atoms with E-state index in [2.05, 4.69) is 10.4 Å². The minimum Gasteiger partial charge on any atom is -0.479 e. The smallest absolute Gasteiger partial charge is 0.416 e. The van der Waals surface area contributed by atoms with E-state index < -0.39 is 53.3 Å². The molecule has 0 spiro atoms. The monoisotopic (exact) mass is 513 g/mol. The van der Waals surface area contributed by atoms with Crippen molar-refractivity contribution in [2.24, 2.45) is 0 Å². The maximum atomic E-state index is 13.7. The number of benzene rings is 2. The second-order valence-electron chi connectivity index (χ2n) is 7.43. The Bertz CT molecular complexity index is 1390. The van der Waals surface area contributed by atoms with E-state index in [1.807, 2.05) is 0 Å². The third kappa shape index (κ3) is 5.50. The Morgan fingerprint density at radius 2 is 1.75 bits per heavy atom. The molecule has 0 aliphatic heterocycles. The lowest BCUT2D eigenvalue weighted by atomic mass is 10.1. The van der Waals surface area contributed by atoms with E-state index in [1.54, 1.807) is 0 Å². The minimum atomic E-state index is -4.48. The number of alkyl halides is 3. The van der Waals surface area contributed by atoms with Gasteiger partial charge < -0.3 is 14.5 Å². The van der Waals surface area contributed by atoms with Crippen LogP contribution in [0, 0.1) is 23.3 Å². The first-order chi connectivity index (χ1) is 17.0. The van der Waals surface area contributed by atoms with Crippen LogP contribution in [0.15, 0.2) is 59.3 Å². The highest BCUT2D eigenvalue weighted by molar-refractivity contribution is 6.02. The quantitative estimate of drug-likeness (QED) is 0.246. The molecule has 188 valence electrons. The summed E-state index contributed by atoms with van der Waals surface area (Å²) in [6, 6.07) is 7.21. The Kier molecular flexibility index (Phi) is 6.73. The fourth-order valence-corrected chi connectivity index (χ4v) is 3.14. The van der Waals surface area contributed by atoms with Crippen LogP contribution in [0.25, 0.3) is 0 Å². The van der Waals surface area contributed by atoms with Crippen molar-refractivity contribution in [3.8, 4) is 5.75 Å². The van der Waals surface area contributed by atoms with Crippen LogP contribution in [0.4, 0.5) is 36.4 Å². The predicted octanol–water partition coefficient (Wildman–Crippen LogP) is 5.93. The minimum absolute atomic E-state index is 0.00975. The third-order valence-corrected chi connectivity index (χ3v) is 4.81. The summed E-state index contributed by atoms with van der Waals surface area (Å²) in [6.07, 6.45) is -1.83. The van der Waals surface area contributed by atoms with Gasteiger partial charge in [-0.25, -0.2) is 8.78 Å². The Morgan fingerprint density at radius 3 is 2.44 bits per heavy atom. The molecule has 0 atom stereocenters. The summed E-state index contributed by atoms with van der Waals surface area (Å²) in [6.45, 7) is -0.630. The average Bonchev–Trinajstić information content (AvgIpc) is 3.47. The van der Waals surface area contributed by atoms with Crippen molar-refractivity contribution in [1.82, 2.24) is 9.78 Å². The molecular weight excluding hydrogens is 499 g/mol. The van der Waals surface area contributed by atoms with Crippen LogP contribution in [0.5, 0.6) is 5.75 Å². The van der Waals surface area contributed by atoms with Gasteiger partial charge in [0.05, 0.1) is 24.0 Å². The summed E-state index contributed by atoms with van der Waals surface area (Å²) in [4.78, 5) is 12.4. The summed E-state index contributed by atoms with van der Waals surface area (Å²) in [5, 5.41) is 6.45. The Morgan fingerprint density at radius 1 is 1.03 bits per heavy atom. The van der Waals surface area contributed by atoms with Crippen LogP contribution < -0.4 is 10.1 Å². The third-order valence-electron chi connectivity index (χ3n) is 4.81. The standard InChI is InChI=1S/C23H14F7N3O3/c24-16-7-17(25)20(27)21(19(16)26)35-11-15-4-5-18(36-15)22(34)32-14-8-31-33(10-14)9-12-2-1-3-13(6-12)23(28,29)30/h1-8,10H,9,11H2,(H,32,34). The molecule has 0 fully saturated rings. The van der Waals surface area contributed by atoms with Crippen LogP contribution in [-0.2, 0) is 19.3 Å². The molecule has 0 radical (unpaired) electrons. The number of amides is 1. The van der Waals surface area contributed by atoms with Crippen LogP contribution in [0.1, 0.15) is 27.4 Å². The molecule has 1 N–H and O–H groups in total. The number of halogens is 7. The molecule has 0 unspecified atom stereocenters. The zero-order chi connectivity index (χ0) is 26.0. The van der Waals surface area contributed by atoms with Crippen molar-refractivity contribution < 1.29 is 44.7 Å². The van der Waals surface area contributed by atoms with E-state index in [0.29, 0.717) is 5.56 Å². The topological polar surface area (TPSA) is 69.3 Å². The van der Waals surface area contributed by atoms with Gasteiger partial charge in [-0.15, -0.1) is 0 Å². The fraction of sp³-hybridized carbons (Fsp3) is 0.130. The molecule has 0 aliphatic carbocycles. The van der Waals surface area contributed by atoms with Crippen molar-refractivity contribution >= 4 is 11.6 Å². The number of rotatable bonds is 7. The van der Waals surface area contributed by atoms with E-state index in [4.69, 9.17) is 9.15 Å². The van der Waals surface area contributed by atoms with Crippen molar-refractivity contribution in [2.45, 2.75) is 19.3 Å². The highest BCUT2D eigenvalue weighted by atomic mass is 19.4. The fourth-order valence-electron chi connectivity index (χ4n) is 3.14. The van der Waals surface area contributed by atoms with E-state index in [-0.39, 0.29) is 29.8 Å². The van der Waals surface area contributed by atoms with Crippen LogP contribution in [0.2, 0.25) is 0 Å². The molecule has 36 heavy (non-hydrogen) atoms. The number of anilines is 1. The second kappa shape index (κ2) is 9.76. The number of aromatic nitrogens is 2. The van der Waals surface area contributed by atoms with Crippen molar-refractivity contribution in [2.75, 3.05) is 5.32 Å². The van der Waals surface area contributed by atoms with Crippen molar-refractivity contribution in [3.05, 3.63) is 101 Å². The predicted molar refractivity (Wildman–Crippen MR) is 110 cm³/mol. The first-order valence-electron chi connectivity index (χ1n) is 10.1. The van der Waals surface area contributed by atoms with Crippen molar-refractivity contribution in [1.29, 1.82) is 0 Å². The summed E-state index contributed by atoms with van der Waals surface area (Å²) in [5.41, 5.74) is -0.251. The SMILES string of the molecule is O=C(Nc1cnn(Cc2cccc(C(F)(F)F)c2)c1)c1ccc(COc2c(F)c(F)cc(F)c2F)o1. The average molecular weight is 513 g/mol. The van der Waals surface area contributed by atoms with E-state index in [1.165, 1.54) is 41.3 Å². The molecule has 1 amide bonds. The number of nitrogens with zero attached hydrogens (tertiary/aromatic N) is 2. The zero-order valence-corrected chi connectivity index (χ0v) is 17.9. The lowest BCUT2D eigenvalue weighted by Gasteiger charge is -2.08. The number of ether oxygens (including phenoxy) is 1. The van der Waals surface area contributed by atoms with Crippen LogP contribution in [0.3, 0.4) is 0 Å². The summed E-state index contributed by atoms with van der Waals surface area (Å²) < 4.78 is 104. The lowest BCUT2D eigenvalue weighted by molar-refractivity contribution is -0.137. The molecule has 13 heteroatoms. The zero-order valence-electron chi connectivity index (χ0n) is 17.9.